The molecule has 0 spiro atoms. The second kappa shape index (κ2) is 7.79. The third-order valence-electron chi connectivity index (χ3n) is 5.57. The van der Waals surface area contributed by atoms with Crippen molar-refractivity contribution in [3.05, 3.63) is 83.6 Å². The molecule has 0 aromatic heterocycles. The highest BCUT2D eigenvalue weighted by atomic mass is 16.3. The normalized spacial score (nSPS) is 16.9. The number of aliphatic imine (C=N–C) groups is 1. The topological polar surface area (TPSA) is 75.7 Å². The molecule has 0 aliphatic heterocycles. The predicted octanol–water partition coefficient (Wildman–Crippen LogP) is 5.94. The molecule has 0 atom stereocenters. The van der Waals surface area contributed by atoms with Crippen LogP contribution < -0.4 is 5.73 Å². The fourth-order valence-corrected chi connectivity index (χ4v) is 4.16. The largest absolute Gasteiger partial charge is 0.511 e. The lowest BCUT2D eigenvalue weighted by Crippen LogP contribution is -2.30. The van der Waals surface area contributed by atoms with E-state index in [-0.39, 0.29) is 17.0 Å². The lowest BCUT2D eigenvalue weighted by Gasteiger charge is -2.30. The summed E-state index contributed by atoms with van der Waals surface area (Å²) in [7, 11) is 0. The van der Waals surface area contributed by atoms with Gasteiger partial charge in [0.25, 0.3) is 0 Å². The van der Waals surface area contributed by atoms with E-state index < -0.39 is 0 Å². The number of nitrogen functional groups attached to an aromatic ring is 1. The second-order valence-corrected chi connectivity index (χ2v) is 8.69. The molecule has 0 saturated heterocycles. The van der Waals surface area contributed by atoms with Gasteiger partial charge in [0.1, 0.15) is 5.76 Å². The van der Waals surface area contributed by atoms with Gasteiger partial charge in [-0.15, -0.1) is 0 Å². The number of aliphatic hydroxyl groups excluding tert-OH is 1. The van der Waals surface area contributed by atoms with E-state index in [1.165, 1.54) is 0 Å². The van der Waals surface area contributed by atoms with Crippen LogP contribution in [0.3, 0.4) is 0 Å². The lowest BCUT2D eigenvalue weighted by atomic mass is 9.75. The number of anilines is 1. The number of nitrogens with two attached hydrogens (primary N) is 1. The fourth-order valence-electron chi connectivity index (χ4n) is 4.16. The first kappa shape index (κ1) is 19.9. The van der Waals surface area contributed by atoms with Crippen LogP contribution >= 0.6 is 0 Å². The molecule has 1 aliphatic carbocycles. The summed E-state index contributed by atoms with van der Waals surface area (Å²) in [6, 6.07) is 21.6. The molecule has 3 aromatic carbocycles. The van der Waals surface area contributed by atoms with Crippen molar-refractivity contribution in [2.75, 3.05) is 5.73 Å². The molecule has 4 heteroatoms. The molecule has 0 unspecified atom stereocenters. The summed E-state index contributed by atoms with van der Waals surface area (Å²) < 4.78 is 0. The van der Waals surface area contributed by atoms with E-state index in [4.69, 9.17) is 10.7 Å². The number of aliphatic hydroxyl groups is 1. The quantitative estimate of drug-likeness (QED) is 0.422. The van der Waals surface area contributed by atoms with Crippen molar-refractivity contribution < 1.29 is 9.90 Å². The van der Waals surface area contributed by atoms with Crippen LogP contribution in [0.1, 0.15) is 32.3 Å². The van der Waals surface area contributed by atoms with Gasteiger partial charge >= 0.3 is 0 Å². The Kier molecular flexibility index (Phi) is 5.17. The number of hydrogen-bond donors (Lipinski definition) is 2. The highest BCUT2D eigenvalue weighted by Crippen LogP contribution is 2.37. The summed E-state index contributed by atoms with van der Waals surface area (Å²) >= 11 is 0. The monoisotopic (exact) mass is 398 g/mol. The van der Waals surface area contributed by atoms with Gasteiger partial charge in [-0.3, -0.25) is 9.79 Å². The zero-order valence-electron chi connectivity index (χ0n) is 17.4. The van der Waals surface area contributed by atoms with Crippen molar-refractivity contribution in [2.24, 2.45) is 10.4 Å². The maximum atomic E-state index is 13.1. The number of nitrogens with zero attached hydrogens (tertiary/aromatic N) is 1. The van der Waals surface area contributed by atoms with Crippen molar-refractivity contribution in [1.82, 2.24) is 0 Å². The van der Waals surface area contributed by atoms with Crippen LogP contribution in [0.4, 0.5) is 11.4 Å². The van der Waals surface area contributed by atoms with E-state index in [0.717, 1.165) is 16.3 Å². The van der Waals surface area contributed by atoms with Gasteiger partial charge in [-0.1, -0.05) is 68.4 Å². The minimum atomic E-state index is -0.263. The Morgan fingerprint density at radius 3 is 2.47 bits per heavy atom. The number of para-hydroxylation sites is 2. The van der Waals surface area contributed by atoms with Gasteiger partial charge < -0.3 is 10.8 Å². The molecule has 30 heavy (non-hydrogen) atoms. The van der Waals surface area contributed by atoms with Crippen LogP contribution in [0, 0.1) is 5.41 Å². The molecular formula is C26H26N2O2. The highest BCUT2D eigenvalue weighted by Gasteiger charge is 2.35. The van der Waals surface area contributed by atoms with E-state index in [0.29, 0.717) is 41.9 Å². The molecule has 0 heterocycles. The Hall–Kier alpha value is -3.40. The van der Waals surface area contributed by atoms with Crippen molar-refractivity contribution in [3.8, 4) is 0 Å². The van der Waals surface area contributed by atoms with Gasteiger partial charge in [-0.2, -0.15) is 0 Å². The van der Waals surface area contributed by atoms with Crippen LogP contribution in [0.5, 0.6) is 0 Å². The first-order valence-corrected chi connectivity index (χ1v) is 10.2. The summed E-state index contributed by atoms with van der Waals surface area (Å²) in [4.78, 5) is 17.8. The Bertz CT molecular complexity index is 1180. The molecule has 4 nitrogen and oxygen atoms in total. The first-order valence-electron chi connectivity index (χ1n) is 10.2. The third-order valence-corrected chi connectivity index (χ3v) is 5.57. The van der Waals surface area contributed by atoms with Gasteiger partial charge in [-0.05, 0) is 33.9 Å². The molecule has 3 N–H and O–H groups in total. The van der Waals surface area contributed by atoms with Gasteiger partial charge in [-0.25, -0.2) is 0 Å². The summed E-state index contributed by atoms with van der Waals surface area (Å²) in [5, 5.41) is 13.1. The van der Waals surface area contributed by atoms with E-state index in [1.54, 1.807) is 6.07 Å². The predicted molar refractivity (Wildman–Crippen MR) is 123 cm³/mol. The SMILES string of the molecule is CC1(C)CC(=O)C(C(Cc2cccc3ccccc23)=Nc2ccccc2N)=C(O)C1. The molecule has 152 valence electrons. The molecule has 0 radical (unpaired) electrons. The van der Waals surface area contributed by atoms with Crippen LogP contribution in [-0.2, 0) is 11.2 Å². The highest BCUT2D eigenvalue weighted by molar-refractivity contribution is 6.24. The van der Waals surface area contributed by atoms with Crippen molar-refractivity contribution in [2.45, 2.75) is 33.1 Å². The smallest absolute Gasteiger partial charge is 0.168 e. The zero-order chi connectivity index (χ0) is 21.3. The number of carbonyl (C=O) groups is 1. The van der Waals surface area contributed by atoms with Gasteiger partial charge in [0, 0.05) is 19.3 Å². The third kappa shape index (κ3) is 3.99. The maximum absolute atomic E-state index is 13.1. The maximum Gasteiger partial charge on any atom is 0.168 e. The van der Waals surface area contributed by atoms with E-state index in [9.17, 15) is 9.90 Å². The van der Waals surface area contributed by atoms with Gasteiger partial charge in [0.2, 0.25) is 0 Å². The number of benzene rings is 3. The molecule has 0 fully saturated rings. The molecule has 0 bridgehead atoms. The van der Waals surface area contributed by atoms with Gasteiger partial charge in [0.15, 0.2) is 5.78 Å². The van der Waals surface area contributed by atoms with Crippen LogP contribution in [-0.4, -0.2) is 16.6 Å². The molecule has 0 saturated carbocycles. The molecular weight excluding hydrogens is 372 g/mol. The first-order chi connectivity index (χ1) is 14.3. The van der Waals surface area contributed by atoms with Crippen molar-refractivity contribution in [3.63, 3.8) is 0 Å². The summed E-state index contributed by atoms with van der Waals surface area (Å²) in [6.45, 7) is 3.99. The van der Waals surface area contributed by atoms with Crippen molar-refractivity contribution >= 4 is 33.6 Å². The summed E-state index contributed by atoms with van der Waals surface area (Å²) in [5.41, 5.74) is 8.95. The summed E-state index contributed by atoms with van der Waals surface area (Å²) in [6.07, 6.45) is 1.26. The number of fused-ring (bicyclic) bond motifs is 1. The van der Waals surface area contributed by atoms with Crippen LogP contribution in [0.15, 0.2) is 83.1 Å². The Balaban J connectivity index is 1.87. The van der Waals surface area contributed by atoms with Crippen LogP contribution in [0.2, 0.25) is 0 Å². The number of Topliss-reactive ketones (excluding diaryl/α,β-unsaturated/α-hetero) is 1. The van der Waals surface area contributed by atoms with Crippen molar-refractivity contribution in [1.29, 1.82) is 0 Å². The number of ketones is 1. The lowest BCUT2D eigenvalue weighted by molar-refractivity contribution is -0.117. The standard InChI is InChI=1S/C26H26N2O2/c1-26(2)15-23(29)25(24(30)16-26)22(28-21-13-6-5-12-20(21)27)14-18-10-7-9-17-8-3-4-11-19(17)18/h3-13,29H,14-16,27H2,1-2H3. The minimum absolute atomic E-state index is 0.0720. The zero-order valence-corrected chi connectivity index (χ0v) is 17.4. The van der Waals surface area contributed by atoms with E-state index in [1.807, 2.05) is 56.3 Å². The number of carbonyl (C=O) groups excluding carboxylic acids is 1. The van der Waals surface area contributed by atoms with Crippen LogP contribution in [0.25, 0.3) is 10.8 Å². The minimum Gasteiger partial charge on any atom is -0.511 e. The second-order valence-electron chi connectivity index (χ2n) is 8.69. The van der Waals surface area contributed by atoms with Gasteiger partial charge in [0.05, 0.1) is 22.7 Å². The number of hydrogen-bond acceptors (Lipinski definition) is 4. The fraction of sp³-hybridized carbons (Fsp3) is 0.231. The Morgan fingerprint density at radius 1 is 1.00 bits per heavy atom. The summed E-state index contributed by atoms with van der Waals surface area (Å²) in [5.74, 6) is 0.0435. The average Bonchev–Trinajstić information content (AvgIpc) is 2.68. The molecule has 1 aliphatic rings. The molecule has 4 rings (SSSR count). The Labute approximate surface area is 176 Å². The average molecular weight is 399 g/mol. The number of allylic oxidation sites excluding steroid dienone is 2. The Morgan fingerprint density at radius 2 is 1.70 bits per heavy atom. The molecule has 0 amide bonds. The van der Waals surface area contributed by atoms with E-state index >= 15 is 0 Å². The molecule has 3 aromatic rings. The van der Waals surface area contributed by atoms with E-state index in [2.05, 4.69) is 18.2 Å². The number of rotatable bonds is 4.